The van der Waals surface area contributed by atoms with Gasteiger partial charge in [0.15, 0.2) is 0 Å². The summed E-state index contributed by atoms with van der Waals surface area (Å²) in [5.41, 5.74) is 0.615. The molecule has 0 radical (unpaired) electrons. The number of benzene rings is 1. The van der Waals surface area contributed by atoms with Crippen molar-refractivity contribution in [1.82, 2.24) is 9.80 Å². The highest BCUT2D eigenvalue weighted by Gasteiger charge is 2.39. The van der Waals surface area contributed by atoms with Crippen molar-refractivity contribution in [2.24, 2.45) is 0 Å². The van der Waals surface area contributed by atoms with E-state index in [-0.39, 0.29) is 30.6 Å². The first-order chi connectivity index (χ1) is 12.0. The van der Waals surface area contributed by atoms with Crippen LogP contribution in [-0.2, 0) is 20.9 Å². The van der Waals surface area contributed by atoms with E-state index in [0.717, 1.165) is 0 Å². The van der Waals surface area contributed by atoms with Gasteiger partial charge in [-0.25, -0.2) is 0 Å². The lowest BCUT2D eigenvalue weighted by atomic mass is 10.1. The summed E-state index contributed by atoms with van der Waals surface area (Å²) in [6.07, 6.45) is -4.74. The second-order valence-electron chi connectivity index (χ2n) is 5.56. The van der Waals surface area contributed by atoms with Crippen molar-refractivity contribution in [2.45, 2.75) is 38.8 Å². The first-order valence-electron chi connectivity index (χ1n) is 7.51. The summed E-state index contributed by atoms with van der Waals surface area (Å²) in [5.74, 6) is -0.701. The van der Waals surface area contributed by atoms with Crippen LogP contribution in [0.2, 0.25) is 0 Å². The van der Waals surface area contributed by atoms with Crippen LogP contribution in [0.3, 0.4) is 0 Å². The fourth-order valence-electron chi connectivity index (χ4n) is 2.42. The largest absolute Gasteiger partial charge is 0.573 e. The average Bonchev–Trinajstić information content (AvgIpc) is 2.56. The van der Waals surface area contributed by atoms with Crippen molar-refractivity contribution in [3.8, 4) is 5.75 Å². The number of hydrogen-bond donors (Lipinski definition) is 1. The molecule has 26 heavy (non-hydrogen) atoms. The maximum Gasteiger partial charge on any atom is 0.573 e. The number of piperazine rings is 1. The van der Waals surface area contributed by atoms with E-state index >= 15 is 0 Å². The maximum absolute atomic E-state index is 12.3. The molecule has 7 nitrogen and oxygen atoms in total. The van der Waals surface area contributed by atoms with E-state index in [1.807, 2.05) is 0 Å². The smallest absolute Gasteiger partial charge is 0.483 e. The quantitative estimate of drug-likeness (QED) is 0.814. The number of carbonyl (C=O) groups is 3. The molecule has 2 amide bonds. The molecule has 1 aromatic carbocycles. The highest BCUT2D eigenvalue weighted by atomic mass is 19.4. The first-order valence-corrected chi connectivity index (χ1v) is 7.51. The van der Waals surface area contributed by atoms with Crippen LogP contribution >= 0.6 is 0 Å². The van der Waals surface area contributed by atoms with Crippen LogP contribution in [0.25, 0.3) is 0 Å². The topological polar surface area (TPSA) is 87.2 Å². The molecule has 0 bridgehead atoms. The summed E-state index contributed by atoms with van der Waals surface area (Å²) in [6, 6.07) is 4.06. The molecule has 1 aromatic rings. The predicted molar refractivity (Wildman–Crippen MR) is 84.1 cm³/mol. The molecule has 0 spiro atoms. The third-order valence-corrected chi connectivity index (χ3v) is 3.90. The third kappa shape index (κ3) is 5.36. The van der Waals surface area contributed by atoms with Crippen molar-refractivity contribution >= 4 is 18.3 Å². The lowest BCUT2D eigenvalue weighted by molar-refractivity contribution is -0.274. The number of likely N-dealkylation sites (N-methyl/N-ethyl adjacent to an activating group) is 1. The minimum Gasteiger partial charge on any atom is -0.483 e. The molecular weight excluding hydrogens is 357 g/mol. The van der Waals surface area contributed by atoms with Crippen LogP contribution in [0.5, 0.6) is 5.75 Å². The summed E-state index contributed by atoms with van der Waals surface area (Å²) in [5, 5.41) is 6.89. The van der Waals surface area contributed by atoms with Crippen molar-refractivity contribution < 1.29 is 37.4 Å². The lowest BCUT2D eigenvalue weighted by Gasteiger charge is -2.41. The van der Waals surface area contributed by atoms with E-state index in [1.54, 1.807) is 20.9 Å². The van der Waals surface area contributed by atoms with Gasteiger partial charge in [0, 0.05) is 13.6 Å². The molecule has 1 aliphatic rings. The molecule has 2 atom stereocenters. The number of carbonyl (C=O) groups excluding carboxylic acids is 2. The van der Waals surface area contributed by atoms with Crippen LogP contribution in [0.15, 0.2) is 24.3 Å². The van der Waals surface area contributed by atoms with E-state index in [1.165, 1.54) is 34.1 Å². The first kappa shape index (κ1) is 21.3. The zero-order valence-electron chi connectivity index (χ0n) is 14.4. The van der Waals surface area contributed by atoms with Crippen molar-refractivity contribution in [1.29, 1.82) is 0 Å². The number of rotatable bonds is 3. The number of hydrogen-bond acceptors (Lipinski definition) is 4. The number of amides is 2. The molecule has 1 aliphatic heterocycles. The number of ether oxygens (including phenoxy) is 1. The number of alkyl halides is 3. The van der Waals surface area contributed by atoms with E-state index in [4.69, 9.17) is 9.90 Å². The minimum absolute atomic E-state index is 0.149. The molecule has 144 valence electrons. The number of nitrogens with zero attached hydrogens (tertiary/aromatic N) is 2. The fourth-order valence-corrected chi connectivity index (χ4v) is 2.42. The van der Waals surface area contributed by atoms with Crippen molar-refractivity contribution in [3.05, 3.63) is 29.8 Å². The van der Waals surface area contributed by atoms with Gasteiger partial charge in [-0.3, -0.25) is 14.4 Å². The summed E-state index contributed by atoms with van der Waals surface area (Å²) >= 11 is 0. The van der Waals surface area contributed by atoms with Gasteiger partial charge in [0.25, 0.3) is 6.47 Å². The molecule has 1 N–H and O–H groups in total. The predicted octanol–water partition coefficient (Wildman–Crippen LogP) is 1.86. The molecule has 1 saturated heterocycles. The summed E-state index contributed by atoms with van der Waals surface area (Å²) < 4.78 is 40.2. The SMILES string of the molecule is C[C@H]1C(=O)N(Cc2ccc(OC(F)(F)F)cc2)[C@@H](C)C(=O)N1C.O=CO. The van der Waals surface area contributed by atoms with Crippen LogP contribution in [-0.4, -0.2) is 58.7 Å². The van der Waals surface area contributed by atoms with Gasteiger partial charge in [-0.15, -0.1) is 13.2 Å². The number of carboxylic acid groups (broad SMARTS) is 1. The second-order valence-corrected chi connectivity index (χ2v) is 5.56. The van der Waals surface area contributed by atoms with Crippen molar-refractivity contribution in [2.75, 3.05) is 7.05 Å². The van der Waals surface area contributed by atoms with Gasteiger partial charge in [-0.05, 0) is 31.5 Å². The zero-order valence-corrected chi connectivity index (χ0v) is 14.4. The Labute approximate surface area is 147 Å². The van der Waals surface area contributed by atoms with Crippen LogP contribution in [0.4, 0.5) is 13.2 Å². The van der Waals surface area contributed by atoms with E-state index < -0.39 is 18.4 Å². The van der Waals surface area contributed by atoms with E-state index in [9.17, 15) is 22.8 Å². The van der Waals surface area contributed by atoms with E-state index in [2.05, 4.69) is 4.74 Å². The average molecular weight is 376 g/mol. The molecule has 10 heteroatoms. The van der Waals surface area contributed by atoms with Gasteiger partial charge in [0.05, 0.1) is 0 Å². The fraction of sp³-hybridized carbons (Fsp3) is 0.438. The zero-order chi connectivity index (χ0) is 20.1. The van der Waals surface area contributed by atoms with Gasteiger partial charge in [0.2, 0.25) is 11.8 Å². The molecule has 1 heterocycles. The Balaban J connectivity index is 0.00000105. The molecule has 0 aromatic heterocycles. The van der Waals surface area contributed by atoms with Gasteiger partial charge < -0.3 is 19.6 Å². The van der Waals surface area contributed by atoms with Gasteiger partial charge >= 0.3 is 6.36 Å². The molecule has 0 unspecified atom stereocenters. The lowest BCUT2D eigenvalue weighted by Crippen LogP contribution is -2.61. The van der Waals surface area contributed by atoms with Crippen LogP contribution in [0, 0.1) is 0 Å². The Hall–Kier alpha value is -2.78. The highest BCUT2D eigenvalue weighted by Crippen LogP contribution is 2.24. The number of halogens is 3. The monoisotopic (exact) mass is 376 g/mol. The summed E-state index contributed by atoms with van der Waals surface area (Å²) in [4.78, 5) is 35.6. The maximum atomic E-state index is 12.3. The normalized spacial score (nSPS) is 20.4. The highest BCUT2D eigenvalue weighted by molar-refractivity contribution is 5.96. The Kier molecular flexibility index (Phi) is 6.99. The van der Waals surface area contributed by atoms with Crippen LogP contribution in [0.1, 0.15) is 19.4 Å². The molecular formula is C16H19F3N2O5. The van der Waals surface area contributed by atoms with E-state index in [0.29, 0.717) is 5.56 Å². The minimum atomic E-state index is -4.74. The summed E-state index contributed by atoms with van der Waals surface area (Å²) in [7, 11) is 1.57. The van der Waals surface area contributed by atoms with Crippen LogP contribution < -0.4 is 4.74 Å². The standard InChI is InChI=1S/C15H17F3N2O3.CH2O2/c1-9-14(22)20(10(2)13(21)19(9)3)8-11-4-6-12(7-5-11)23-15(16,17)18;2-1-3/h4-7,9-10H,8H2,1-3H3;1H,(H,2,3)/t9-,10-;/m0./s1. The summed E-state index contributed by atoms with van der Waals surface area (Å²) in [6.45, 7) is 3.17. The Morgan fingerprint density at radius 3 is 2.08 bits per heavy atom. The Morgan fingerprint density at radius 1 is 1.12 bits per heavy atom. The molecule has 0 aliphatic carbocycles. The molecule has 2 rings (SSSR count). The van der Waals surface area contributed by atoms with Gasteiger partial charge in [-0.2, -0.15) is 0 Å². The Morgan fingerprint density at radius 2 is 1.62 bits per heavy atom. The van der Waals surface area contributed by atoms with Gasteiger partial charge in [-0.1, -0.05) is 12.1 Å². The molecule has 1 fully saturated rings. The third-order valence-electron chi connectivity index (χ3n) is 3.90. The molecule has 0 saturated carbocycles. The Bertz CT molecular complexity index is 648. The van der Waals surface area contributed by atoms with Gasteiger partial charge in [0.1, 0.15) is 17.8 Å². The second kappa shape index (κ2) is 8.54. The van der Waals surface area contributed by atoms with Crippen molar-refractivity contribution in [3.63, 3.8) is 0 Å².